The molecule has 0 unspecified atom stereocenters. The second-order valence-electron chi connectivity index (χ2n) is 7.80. The molecule has 9 heteroatoms. The average Bonchev–Trinajstić information content (AvgIpc) is 3.31. The largest absolute Gasteiger partial charge is 0.484 e. The summed E-state index contributed by atoms with van der Waals surface area (Å²) in [6.07, 6.45) is 8.68. The minimum Gasteiger partial charge on any atom is -0.484 e. The maximum Gasteiger partial charge on any atom is 0.329 e. The summed E-state index contributed by atoms with van der Waals surface area (Å²) in [6, 6.07) is 6.94. The molecule has 1 aromatic rings. The van der Waals surface area contributed by atoms with Crippen LogP contribution in [0.2, 0.25) is 0 Å². The van der Waals surface area contributed by atoms with Gasteiger partial charge in [-0.2, -0.15) is 5.10 Å². The van der Waals surface area contributed by atoms with Crippen LogP contribution < -0.4 is 20.8 Å². The molecule has 1 aromatic carbocycles. The van der Waals surface area contributed by atoms with E-state index in [9.17, 15) is 14.4 Å². The number of nitrogens with zero attached hydrogens (tertiary/aromatic N) is 1. The molecule has 1 saturated carbocycles. The van der Waals surface area contributed by atoms with Gasteiger partial charge in [0.15, 0.2) is 6.61 Å². The highest BCUT2D eigenvalue weighted by atomic mass is 16.5. The van der Waals surface area contributed by atoms with Crippen molar-refractivity contribution in [2.75, 3.05) is 19.8 Å². The van der Waals surface area contributed by atoms with Crippen molar-refractivity contribution >= 4 is 23.9 Å². The number of amides is 3. The van der Waals surface area contributed by atoms with E-state index in [0.717, 1.165) is 45.1 Å². The van der Waals surface area contributed by atoms with Crippen LogP contribution in [-0.4, -0.2) is 55.8 Å². The van der Waals surface area contributed by atoms with Gasteiger partial charge in [-0.3, -0.25) is 14.4 Å². The van der Waals surface area contributed by atoms with E-state index in [1.165, 1.54) is 12.6 Å². The summed E-state index contributed by atoms with van der Waals surface area (Å²) in [6.45, 7) is 1.18. The van der Waals surface area contributed by atoms with Crippen LogP contribution in [0, 0.1) is 0 Å². The first-order valence-corrected chi connectivity index (χ1v) is 10.9. The Balaban J connectivity index is 1.34. The molecule has 3 rings (SSSR count). The molecule has 0 spiro atoms. The fourth-order valence-corrected chi connectivity index (χ4v) is 3.60. The van der Waals surface area contributed by atoms with Crippen molar-refractivity contribution in [3.8, 4) is 5.75 Å². The van der Waals surface area contributed by atoms with Crippen LogP contribution >= 0.6 is 0 Å². The molecule has 2 aliphatic rings. The monoisotopic (exact) mass is 430 g/mol. The number of ether oxygens (including phenoxy) is 2. The molecule has 9 nitrogen and oxygen atoms in total. The third-order valence-corrected chi connectivity index (χ3v) is 5.33. The van der Waals surface area contributed by atoms with Crippen LogP contribution in [0.4, 0.5) is 0 Å². The second-order valence-corrected chi connectivity index (χ2v) is 7.80. The Morgan fingerprint density at radius 3 is 2.52 bits per heavy atom. The summed E-state index contributed by atoms with van der Waals surface area (Å²) in [5.41, 5.74) is 2.95. The number of hydrogen-bond acceptors (Lipinski definition) is 6. The van der Waals surface area contributed by atoms with Gasteiger partial charge in [-0.1, -0.05) is 19.3 Å². The zero-order chi connectivity index (χ0) is 21.9. The van der Waals surface area contributed by atoms with Gasteiger partial charge in [0.2, 0.25) is 0 Å². The van der Waals surface area contributed by atoms with Crippen molar-refractivity contribution < 1.29 is 23.9 Å². The smallest absolute Gasteiger partial charge is 0.329 e. The molecule has 1 saturated heterocycles. The molecule has 0 radical (unpaired) electrons. The van der Waals surface area contributed by atoms with Crippen LogP contribution in [0.5, 0.6) is 5.75 Å². The number of hydrogen-bond donors (Lipinski definition) is 3. The van der Waals surface area contributed by atoms with Gasteiger partial charge in [0.05, 0.1) is 12.3 Å². The van der Waals surface area contributed by atoms with E-state index >= 15 is 0 Å². The lowest BCUT2D eigenvalue weighted by molar-refractivity contribution is -0.139. The number of benzene rings is 1. The summed E-state index contributed by atoms with van der Waals surface area (Å²) in [5.74, 6) is -1.10. The lowest BCUT2D eigenvalue weighted by Gasteiger charge is -2.22. The predicted molar refractivity (Wildman–Crippen MR) is 115 cm³/mol. The Kier molecular flexibility index (Phi) is 8.84. The first kappa shape index (κ1) is 22.7. The van der Waals surface area contributed by atoms with E-state index in [0.29, 0.717) is 17.9 Å². The summed E-state index contributed by atoms with van der Waals surface area (Å²) in [4.78, 5) is 35.6. The fraction of sp³-hybridized carbons (Fsp3) is 0.545. The van der Waals surface area contributed by atoms with Gasteiger partial charge in [0, 0.05) is 19.2 Å². The Hall–Kier alpha value is -2.94. The molecule has 3 N–H and O–H groups in total. The highest BCUT2D eigenvalue weighted by Crippen LogP contribution is 2.17. The van der Waals surface area contributed by atoms with Crippen molar-refractivity contribution in [3.63, 3.8) is 0 Å². The molecule has 1 aliphatic carbocycles. The standard InChI is InChI=1S/C22H30N4O5/c27-20(23-14-19-7-4-12-30-19)15-31-18-10-8-16(9-11-18)13-24-26-22(29)21(28)25-17-5-2-1-3-6-17/h8-11,13,17,19H,1-7,12,14-15H2,(H,23,27)(H,25,28)(H,26,29)/b24-13-/t19-/m1/s1. The van der Waals surface area contributed by atoms with E-state index in [1.807, 2.05) is 0 Å². The summed E-state index contributed by atoms with van der Waals surface area (Å²) >= 11 is 0. The molecule has 3 amide bonds. The normalized spacial score (nSPS) is 19.2. The third kappa shape index (κ3) is 8.01. The third-order valence-electron chi connectivity index (χ3n) is 5.33. The lowest BCUT2D eigenvalue weighted by Crippen LogP contribution is -2.44. The number of carbonyl (C=O) groups is 3. The number of nitrogens with one attached hydrogen (secondary N) is 3. The topological polar surface area (TPSA) is 118 Å². The Bertz CT molecular complexity index is 769. The minimum absolute atomic E-state index is 0.0710. The SMILES string of the molecule is O=C(COc1ccc(/C=N\NC(=O)C(=O)NC2CCCCC2)cc1)NC[C@H]1CCCO1. The number of carbonyl (C=O) groups excluding carboxylic acids is 3. The van der Waals surface area contributed by atoms with E-state index in [4.69, 9.17) is 9.47 Å². The van der Waals surface area contributed by atoms with Crippen molar-refractivity contribution in [1.82, 2.24) is 16.1 Å². The molecular weight excluding hydrogens is 400 g/mol. The summed E-state index contributed by atoms with van der Waals surface area (Å²) in [5, 5.41) is 9.36. The highest BCUT2D eigenvalue weighted by molar-refractivity contribution is 6.35. The van der Waals surface area contributed by atoms with Crippen molar-refractivity contribution in [2.24, 2.45) is 5.10 Å². The summed E-state index contributed by atoms with van der Waals surface area (Å²) < 4.78 is 10.9. The van der Waals surface area contributed by atoms with Crippen LogP contribution in [0.1, 0.15) is 50.5 Å². The fourth-order valence-electron chi connectivity index (χ4n) is 3.60. The van der Waals surface area contributed by atoms with Crippen molar-refractivity contribution in [1.29, 1.82) is 0 Å². The zero-order valence-corrected chi connectivity index (χ0v) is 17.6. The maximum absolute atomic E-state index is 11.9. The van der Waals surface area contributed by atoms with E-state index in [2.05, 4.69) is 21.2 Å². The average molecular weight is 431 g/mol. The molecule has 0 aromatic heterocycles. The van der Waals surface area contributed by atoms with Crippen LogP contribution in [0.3, 0.4) is 0 Å². The zero-order valence-electron chi connectivity index (χ0n) is 17.6. The first-order chi connectivity index (χ1) is 15.1. The molecule has 31 heavy (non-hydrogen) atoms. The van der Waals surface area contributed by atoms with Gasteiger partial charge >= 0.3 is 11.8 Å². The maximum atomic E-state index is 11.9. The van der Waals surface area contributed by atoms with Gasteiger partial charge in [-0.05, 0) is 55.5 Å². The van der Waals surface area contributed by atoms with Crippen LogP contribution in [0.25, 0.3) is 0 Å². The predicted octanol–water partition coefficient (Wildman–Crippen LogP) is 1.26. The Morgan fingerprint density at radius 2 is 1.81 bits per heavy atom. The molecule has 1 heterocycles. The first-order valence-electron chi connectivity index (χ1n) is 10.9. The van der Waals surface area contributed by atoms with Gasteiger partial charge in [0.1, 0.15) is 5.75 Å². The highest BCUT2D eigenvalue weighted by Gasteiger charge is 2.20. The van der Waals surface area contributed by atoms with E-state index in [-0.39, 0.29) is 24.7 Å². The van der Waals surface area contributed by atoms with Gasteiger partial charge in [-0.15, -0.1) is 0 Å². The van der Waals surface area contributed by atoms with Crippen LogP contribution in [0.15, 0.2) is 29.4 Å². The molecule has 168 valence electrons. The quantitative estimate of drug-likeness (QED) is 0.326. The molecule has 1 atom stereocenters. The van der Waals surface area contributed by atoms with E-state index in [1.54, 1.807) is 24.3 Å². The molecule has 2 fully saturated rings. The van der Waals surface area contributed by atoms with E-state index < -0.39 is 11.8 Å². The van der Waals surface area contributed by atoms with Crippen molar-refractivity contribution in [2.45, 2.75) is 57.1 Å². The second kappa shape index (κ2) is 12.0. The lowest BCUT2D eigenvalue weighted by atomic mass is 9.95. The molecule has 0 bridgehead atoms. The summed E-state index contributed by atoms with van der Waals surface area (Å²) in [7, 11) is 0. The van der Waals surface area contributed by atoms with Gasteiger partial charge < -0.3 is 20.1 Å². The van der Waals surface area contributed by atoms with Crippen molar-refractivity contribution in [3.05, 3.63) is 29.8 Å². The minimum atomic E-state index is -0.782. The van der Waals surface area contributed by atoms with Gasteiger partial charge in [0.25, 0.3) is 5.91 Å². The van der Waals surface area contributed by atoms with Gasteiger partial charge in [-0.25, -0.2) is 5.43 Å². The Morgan fingerprint density at radius 1 is 1.03 bits per heavy atom. The van der Waals surface area contributed by atoms with Crippen LogP contribution in [-0.2, 0) is 19.1 Å². The Labute approximate surface area is 181 Å². The molecular formula is C22H30N4O5. The number of rotatable bonds is 8. The number of hydrazone groups is 1. The molecule has 1 aliphatic heterocycles.